The van der Waals surface area contributed by atoms with Gasteiger partial charge in [0.1, 0.15) is 5.75 Å². The maximum atomic E-state index is 11.9. The number of ether oxygens (including phenoxy) is 1. The van der Waals surface area contributed by atoms with Crippen molar-refractivity contribution in [1.82, 2.24) is 5.32 Å². The van der Waals surface area contributed by atoms with E-state index in [1.165, 1.54) is 4.90 Å². The molecule has 0 aliphatic heterocycles. The van der Waals surface area contributed by atoms with Crippen molar-refractivity contribution in [3.63, 3.8) is 0 Å². The second kappa shape index (κ2) is 7.74. The van der Waals surface area contributed by atoms with Crippen molar-refractivity contribution in [2.75, 3.05) is 13.4 Å². The molecule has 0 bridgehead atoms. The first-order chi connectivity index (χ1) is 10.2. The molecule has 2 aromatic carbocycles. The molecule has 0 aliphatic carbocycles. The first kappa shape index (κ1) is 15.4. The minimum atomic E-state index is 0.0303. The number of nitrogens with one attached hydrogen (secondary N) is 1. The van der Waals surface area contributed by atoms with Crippen molar-refractivity contribution < 1.29 is 9.53 Å². The van der Waals surface area contributed by atoms with Crippen LogP contribution in [0.3, 0.4) is 0 Å². The molecule has 0 heterocycles. The summed E-state index contributed by atoms with van der Waals surface area (Å²) in [5.74, 6) is 0.849. The Morgan fingerprint density at radius 2 is 1.67 bits per heavy atom. The lowest BCUT2D eigenvalue weighted by molar-refractivity contribution is -0.120. The summed E-state index contributed by atoms with van der Waals surface area (Å²) in [6, 6.07) is 15.8. The molecule has 1 N–H and O–H groups in total. The fourth-order valence-electron chi connectivity index (χ4n) is 1.94. The van der Waals surface area contributed by atoms with E-state index in [0.29, 0.717) is 13.0 Å². The number of methoxy groups -OCH3 is 1. The molecule has 0 aliphatic rings. The van der Waals surface area contributed by atoms with Gasteiger partial charge in [-0.1, -0.05) is 24.3 Å². The minimum absolute atomic E-state index is 0.0303. The van der Waals surface area contributed by atoms with Gasteiger partial charge in [0.15, 0.2) is 0 Å². The zero-order valence-corrected chi connectivity index (χ0v) is 13.1. The average Bonchev–Trinajstić information content (AvgIpc) is 2.54. The molecule has 0 atom stereocenters. The third-order valence-corrected chi connectivity index (χ3v) is 3.92. The number of benzene rings is 2. The number of hydrogen-bond acceptors (Lipinski definition) is 3. The zero-order chi connectivity index (χ0) is 15.1. The summed E-state index contributed by atoms with van der Waals surface area (Å²) in [7, 11) is 1.64. The Bertz CT molecular complexity index is 579. The van der Waals surface area contributed by atoms with Crippen molar-refractivity contribution in [3.05, 3.63) is 59.7 Å². The molecular weight excluding hydrogens is 282 g/mol. The first-order valence-electron chi connectivity index (χ1n) is 6.74. The Labute approximate surface area is 129 Å². The van der Waals surface area contributed by atoms with Crippen LogP contribution in [0.5, 0.6) is 5.75 Å². The number of carbonyl (C=O) groups excluding carboxylic acids is 1. The SMILES string of the molecule is COc1ccc(CNC(=O)Cc2ccc(SC)cc2)cc1. The average molecular weight is 301 g/mol. The predicted octanol–water partition coefficient (Wildman–Crippen LogP) is 3.28. The standard InChI is InChI=1S/C17H19NO2S/c1-20-15-7-3-14(4-8-15)12-18-17(19)11-13-5-9-16(21-2)10-6-13/h3-10H,11-12H2,1-2H3,(H,18,19). The normalized spacial score (nSPS) is 10.2. The first-order valence-corrected chi connectivity index (χ1v) is 7.96. The van der Waals surface area contributed by atoms with Crippen LogP contribution >= 0.6 is 11.8 Å². The summed E-state index contributed by atoms with van der Waals surface area (Å²) in [6.07, 6.45) is 2.45. The van der Waals surface area contributed by atoms with E-state index in [0.717, 1.165) is 16.9 Å². The third-order valence-electron chi connectivity index (χ3n) is 3.17. The van der Waals surface area contributed by atoms with E-state index in [2.05, 4.69) is 5.32 Å². The highest BCUT2D eigenvalue weighted by Crippen LogP contribution is 2.15. The quantitative estimate of drug-likeness (QED) is 0.832. The number of amides is 1. The van der Waals surface area contributed by atoms with Crippen molar-refractivity contribution >= 4 is 17.7 Å². The molecule has 2 rings (SSSR count). The summed E-state index contributed by atoms with van der Waals surface area (Å²) >= 11 is 1.70. The van der Waals surface area contributed by atoms with Crippen LogP contribution in [0, 0.1) is 0 Å². The van der Waals surface area contributed by atoms with Crippen LogP contribution in [-0.2, 0) is 17.8 Å². The van der Waals surface area contributed by atoms with E-state index in [1.54, 1.807) is 18.9 Å². The molecule has 0 unspecified atom stereocenters. The lowest BCUT2D eigenvalue weighted by atomic mass is 10.1. The molecule has 0 saturated heterocycles. The van der Waals surface area contributed by atoms with Gasteiger partial charge in [0.05, 0.1) is 13.5 Å². The van der Waals surface area contributed by atoms with Gasteiger partial charge in [0.2, 0.25) is 5.91 Å². The van der Waals surface area contributed by atoms with E-state index in [-0.39, 0.29) is 5.91 Å². The second-order valence-corrected chi connectivity index (χ2v) is 5.53. The van der Waals surface area contributed by atoms with Gasteiger partial charge < -0.3 is 10.1 Å². The van der Waals surface area contributed by atoms with Crippen LogP contribution in [0.1, 0.15) is 11.1 Å². The summed E-state index contributed by atoms with van der Waals surface area (Å²) in [6.45, 7) is 0.533. The van der Waals surface area contributed by atoms with E-state index >= 15 is 0 Å². The van der Waals surface area contributed by atoms with E-state index in [9.17, 15) is 4.79 Å². The van der Waals surface area contributed by atoms with Crippen LogP contribution in [-0.4, -0.2) is 19.3 Å². The number of thioether (sulfide) groups is 1. The minimum Gasteiger partial charge on any atom is -0.497 e. The molecule has 0 spiro atoms. The molecule has 110 valence electrons. The molecule has 3 nitrogen and oxygen atoms in total. The van der Waals surface area contributed by atoms with Crippen LogP contribution in [0.2, 0.25) is 0 Å². The Balaban J connectivity index is 1.83. The van der Waals surface area contributed by atoms with E-state index in [4.69, 9.17) is 4.74 Å². The molecule has 0 aromatic heterocycles. The second-order valence-electron chi connectivity index (χ2n) is 4.65. The Morgan fingerprint density at radius 1 is 1.05 bits per heavy atom. The maximum absolute atomic E-state index is 11.9. The van der Waals surface area contributed by atoms with Crippen molar-refractivity contribution in [3.8, 4) is 5.75 Å². The molecule has 0 saturated carbocycles. The lowest BCUT2D eigenvalue weighted by Gasteiger charge is -2.07. The van der Waals surface area contributed by atoms with Crippen molar-refractivity contribution in [2.24, 2.45) is 0 Å². The third kappa shape index (κ3) is 4.83. The highest BCUT2D eigenvalue weighted by atomic mass is 32.2. The summed E-state index contributed by atoms with van der Waals surface area (Å²) < 4.78 is 5.10. The monoisotopic (exact) mass is 301 g/mol. The summed E-state index contributed by atoms with van der Waals surface area (Å²) in [4.78, 5) is 13.1. The highest BCUT2D eigenvalue weighted by Gasteiger charge is 2.03. The van der Waals surface area contributed by atoms with E-state index in [1.807, 2.05) is 54.8 Å². The zero-order valence-electron chi connectivity index (χ0n) is 12.3. The Hall–Kier alpha value is -1.94. The maximum Gasteiger partial charge on any atom is 0.224 e. The molecular formula is C17H19NO2S. The topological polar surface area (TPSA) is 38.3 Å². The van der Waals surface area contributed by atoms with Gasteiger partial charge in [-0.3, -0.25) is 4.79 Å². The van der Waals surface area contributed by atoms with Crippen LogP contribution in [0.15, 0.2) is 53.4 Å². The summed E-state index contributed by atoms with van der Waals surface area (Å²) in [5, 5.41) is 2.93. The fraction of sp³-hybridized carbons (Fsp3) is 0.235. The van der Waals surface area contributed by atoms with E-state index < -0.39 is 0 Å². The molecule has 2 aromatic rings. The molecule has 0 radical (unpaired) electrons. The van der Waals surface area contributed by atoms with Crippen LogP contribution in [0.25, 0.3) is 0 Å². The van der Waals surface area contributed by atoms with Gasteiger partial charge in [0.25, 0.3) is 0 Å². The fourth-order valence-corrected chi connectivity index (χ4v) is 2.34. The largest absolute Gasteiger partial charge is 0.497 e. The molecule has 21 heavy (non-hydrogen) atoms. The predicted molar refractivity (Wildman–Crippen MR) is 86.8 cm³/mol. The molecule has 1 amide bonds. The highest BCUT2D eigenvalue weighted by molar-refractivity contribution is 7.98. The van der Waals surface area contributed by atoms with Gasteiger partial charge >= 0.3 is 0 Å². The van der Waals surface area contributed by atoms with Crippen LogP contribution in [0.4, 0.5) is 0 Å². The number of rotatable bonds is 6. The van der Waals surface area contributed by atoms with Gasteiger partial charge in [-0.2, -0.15) is 0 Å². The Morgan fingerprint density at radius 3 is 2.24 bits per heavy atom. The van der Waals surface area contributed by atoms with Crippen molar-refractivity contribution in [1.29, 1.82) is 0 Å². The summed E-state index contributed by atoms with van der Waals surface area (Å²) in [5.41, 5.74) is 2.09. The van der Waals surface area contributed by atoms with Gasteiger partial charge in [-0.25, -0.2) is 0 Å². The van der Waals surface area contributed by atoms with Gasteiger partial charge in [-0.15, -0.1) is 11.8 Å². The number of carbonyl (C=O) groups is 1. The smallest absolute Gasteiger partial charge is 0.224 e. The lowest BCUT2D eigenvalue weighted by Crippen LogP contribution is -2.24. The molecule has 4 heteroatoms. The van der Waals surface area contributed by atoms with Gasteiger partial charge in [0, 0.05) is 11.4 Å². The van der Waals surface area contributed by atoms with Crippen LogP contribution < -0.4 is 10.1 Å². The molecule has 0 fully saturated rings. The number of hydrogen-bond donors (Lipinski definition) is 1. The van der Waals surface area contributed by atoms with Gasteiger partial charge in [-0.05, 0) is 41.6 Å². The Kier molecular flexibility index (Phi) is 5.69. The van der Waals surface area contributed by atoms with Crippen molar-refractivity contribution in [2.45, 2.75) is 17.9 Å².